The molecular formula is C14H14N2O3. The largest absolute Gasteiger partial charge is 0.375 e. The van der Waals surface area contributed by atoms with Gasteiger partial charge in [0.1, 0.15) is 5.76 Å². The first kappa shape index (κ1) is 11.9. The molecule has 0 fully saturated rings. The highest BCUT2D eigenvalue weighted by Crippen LogP contribution is 2.39. The number of hydrogen-bond acceptors (Lipinski definition) is 4. The van der Waals surface area contributed by atoms with E-state index in [0.29, 0.717) is 11.3 Å². The number of aryl methyl sites for hydroxylation is 2. The van der Waals surface area contributed by atoms with Gasteiger partial charge >= 0.3 is 0 Å². The first-order valence-electron chi connectivity index (χ1n) is 6.03. The number of carbonyl (C=O) groups is 1. The lowest BCUT2D eigenvalue weighted by Crippen LogP contribution is -2.30. The molecule has 0 aliphatic carbocycles. The number of hydrogen-bond donors (Lipinski definition) is 2. The highest BCUT2D eigenvalue weighted by molar-refractivity contribution is 6.05. The smallest absolute Gasteiger partial charge is 0.260 e. The van der Waals surface area contributed by atoms with E-state index in [4.69, 9.17) is 4.52 Å². The topological polar surface area (TPSA) is 75.4 Å². The lowest BCUT2D eigenvalue weighted by atomic mass is 9.93. The summed E-state index contributed by atoms with van der Waals surface area (Å²) in [5.41, 5.74) is 2.30. The molecule has 2 N–H and O–H groups in total. The summed E-state index contributed by atoms with van der Waals surface area (Å²) in [5.74, 6) is 0.313. The summed E-state index contributed by atoms with van der Waals surface area (Å²) < 4.78 is 5.15. The third kappa shape index (κ3) is 1.58. The Kier molecular flexibility index (Phi) is 2.31. The van der Waals surface area contributed by atoms with Gasteiger partial charge in [-0.25, -0.2) is 0 Å². The van der Waals surface area contributed by atoms with Gasteiger partial charge in [-0.3, -0.25) is 4.79 Å². The molecular weight excluding hydrogens is 244 g/mol. The van der Waals surface area contributed by atoms with Crippen molar-refractivity contribution in [2.75, 3.05) is 5.32 Å². The van der Waals surface area contributed by atoms with Crippen molar-refractivity contribution >= 4 is 11.6 Å². The summed E-state index contributed by atoms with van der Waals surface area (Å²) in [6.07, 6.45) is 0. The van der Waals surface area contributed by atoms with Crippen molar-refractivity contribution < 1.29 is 14.4 Å². The van der Waals surface area contributed by atoms with Gasteiger partial charge in [-0.15, -0.1) is 0 Å². The molecule has 1 aliphatic rings. The standard InChI is InChI=1S/C14H14N2O3/c1-7-12(8(2)19-16-7)9-4-5-11-10(6-9)14(3,18)13(17)15-11/h4-6,18H,1-3H3,(H,15,17). The molecule has 0 saturated carbocycles. The molecule has 1 aromatic heterocycles. The van der Waals surface area contributed by atoms with Crippen LogP contribution >= 0.6 is 0 Å². The van der Waals surface area contributed by atoms with Crippen LogP contribution in [-0.2, 0) is 10.4 Å². The third-order valence-electron chi connectivity index (χ3n) is 3.56. The van der Waals surface area contributed by atoms with Crippen molar-refractivity contribution in [1.29, 1.82) is 0 Å². The Morgan fingerprint density at radius 3 is 2.74 bits per heavy atom. The second kappa shape index (κ2) is 3.68. The molecule has 1 aliphatic heterocycles. The number of fused-ring (bicyclic) bond motifs is 1. The van der Waals surface area contributed by atoms with E-state index in [1.54, 1.807) is 12.1 Å². The number of nitrogens with one attached hydrogen (secondary N) is 1. The highest BCUT2D eigenvalue weighted by Gasteiger charge is 2.41. The number of rotatable bonds is 1. The number of amides is 1. The first-order valence-corrected chi connectivity index (χ1v) is 6.03. The van der Waals surface area contributed by atoms with Crippen molar-refractivity contribution in [2.45, 2.75) is 26.4 Å². The molecule has 2 aromatic rings. The van der Waals surface area contributed by atoms with E-state index in [1.807, 2.05) is 19.9 Å². The number of aliphatic hydroxyl groups is 1. The van der Waals surface area contributed by atoms with E-state index >= 15 is 0 Å². The van der Waals surface area contributed by atoms with Crippen LogP contribution in [0.4, 0.5) is 5.69 Å². The Hall–Kier alpha value is -2.14. The van der Waals surface area contributed by atoms with E-state index in [1.165, 1.54) is 6.92 Å². The molecule has 1 amide bonds. The average molecular weight is 258 g/mol. The monoisotopic (exact) mass is 258 g/mol. The maximum absolute atomic E-state index is 11.7. The van der Waals surface area contributed by atoms with Crippen LogP contribution in [0.5, 0.6) is 0 Å². The predicted molar refractivity (Wildman–Crippen MR) is 69.6 cm³/mol. The van der Waals surface area contributed by atoms with Gasteiger partial charge < -0.3 is 14.9 Å². The molecule has 0 radical (unpaired) electrons. The van der Waals surface area contributed by atoms with Crippen LogP contribution in [0.2, 0.25) is 0 Å². The first-order chi connectivity index (χ1) is 8.91. The predicted octanol–water partition coefficient (Wildman–Crippen LogP) is 2.12. The van der Waals surface area contributed by atoms with Crippen LogP contribution in [0.3, 0.4) is 0 Å². The second-order valence-electron chi connectivity index (χ2n) is 4.99. The molecule has 1 aromatic carbocycles. The Balaban J connectivity index is 2.19. The molecule has 3 rings (SSSR count). The SMILES string of the molecule is Cc1noc(C)c1-c1ccc2c(c1)C(C)(O)C(=O)N2. The van der Waals surface area contributed by atoms with Gasteiger partial charge in [-0.1, -0.05) is 11.2 Å². The molecule has 2 heterocycles. The summed E-state index contributed by atoms with van der Waals surface area (Å²) in [5, 5.41) is 16.8. The van der Waals surface area contributed by atoms with Crippen LogP contribution in [-0.4, -0.2) is 16.2 Å². The quantitative estimate of drug-likeness (QED) is 0.821. The van der Waals surface area contributed by atoms with Gasteiger partial charge in [-0.2, -0.15) is 0 Å². The van der Waals surface area contributed by atoms with E-state index in [0.717, 1.165) is 22.6 Å². The molecule has 5 heteroatoms. The zero-order valence-corrected chi connectivity index (χ0v) is 10.9. The van der Waals surface area contributed by atoms with Crippen molar-refractivity contribution in [2.24, 2.45) is 0 Å². The molecule has 0 saturated heterocycles. The highest BCUT2D eigenvalue weighted by atomic mass is 16.5. The van der Waals surface area contributed by atoms with Gasteiger partial charge in [0, 0.05) is 16.8 Å². The van der Waals surface area contributed by atoms with Crippen LogP contribution in [0, 0.1) is 13.8 Å². The van der Waals surface area contributed by atoms with Gasteiger partial charge in [-0.05, 0) is 38.5 Å². The van der Waals surface area contributed by atoms with E-state index in [2.05, 4.69) is 10.5 Å². The Morgan fingerprint density at radius 1 is 1.37 bits per heavy atom. The van der Waals surface area contributed by atoms with Gasteiger partial charge in [0.25, 0.3) is 5.91 Å². The Morgan fingerprint density at radius 2 is 2.11 bits per heavy atom. The fraction of sp³-hybridized carbons (Fsp3) is 0.286. The molecule has 19 heavy (non-hydrogen) atoms. The lowest BCUT2D eigenvalue weighted by molar-refractivity contribution is -0.131. The minimum absolute atomic E-state index is 0.404. The van der Waals surface area contributed by atoms with E-state index in [9.17, 15) is 9.90 Å². The number of benzene rings is 1. The van der Waals surface area contributed by atoms with Crippen LogP contribution in [0.1, 0.15) is 23.9 Å². The summed E-state index contributed by atoms with van der Waals surface area (Å²) in [7, 11) is 0. The Bertz CT molecular complexity index is 666. The van der Waals surface area contributed by atoms with Crippen LogP contribution in [0.15, 0.2) is 22.7 Å². The normalized spacial score (nSPS) is 21.4. The van der Waals surface area contributed by atoms with Crippen molar-refractivity contribution in [3.63, 3.8) is 0 Å². The molecule has 0 spiro atoms. The number of nitrogens with zero attached hydrogens (tertiary/aromatic N) is 1. The fourth-order valence-electron chi connectivity index (χ4n) is 2.47. The zero-order valence-electron chi connectivity index (χ0n) is 10.9. The maximum atomic E-state index is 11.7. The van der Waals surface area contributed by atoms with Crippen LogP contribution < -0.4 is 5.32 Å². The zero-order chi connectivity index (χ0) is 13.8. The van der Waals surface area contributed by atoms with Crippen molar-refractivity contribution in [3.05, 3.63) is 35.2 Å². The minimum atomic E-state index is -1.50. The molecule has 0 bridgehead atoms. The summed E-state index contributed by atoms with van der Waals surface area (Å²) in [6, 6.07) is 5.47. The fourth-order valence-corrected chi connectivity index (χ4v) is 2.47. The van der Waals surface area contributed by atoms with E-state index in [-0.39, 0.29) is 0 Å². The molecule has 1 atom stereocenters. The minimum Gasteiger partial charge on any atom is -0.375 e. The summed E-state index contributed by atoms with van der Waals surface area (Å²) in [6.45, 7) is 5.19. The number of aromatic nitrogens is 1. The van der Waals surface area contributed by atoms with Gasteiger partial charge in [0.05, 0.1) is 5.69 Å². The van der Waals surface area contributed by atoms with Crippen LogP contribution in [0.25, 0.3) is 11.1 Å². The lowest BCUT2D eigenvalue weighted by Gasteiger charge is -2.14. The molecule has 1 unspecified atom stereocenters. The van der Waals surface area contributed by atoms with E-state index < -0.39 is 11.5 Å². The van der Waals surface area contributed by atoms with Crippen molar-refractivity contribution in [3.8, 4) is 11.1 Å². The maximum Gasteiger partial charge on any atom is 0.260 e. The summed E-state index contributed by atoms with van der Waals surface area (Å²) in [4.78, 5) is 11.7. The molecule has 5 nitrogen and oxygen atoms in total. The van der Waals surface area contributed by atoms with Gasteiger partial charge in [0.2, 0.25) is 0 Å². The average Bonchev–Trinajstić information content (AvgIpc) is 2.79. The number of anilines is 1. The molecule has 98 valence electrons. The van der Waals surface area contributed by atoms with Crippen molar-refractivity contribution in [1.82, 2.24) is 5.16 Å². The summed E-state index contributed by atoms with van der Waals surface area (Å²) >= 11 is 0. The van der Waals surface area contributed by atoms with Gasteiger partial charge in [0.15, 0.2) is 5.60 Å². The number of carbonyl (C=O) groups excluding carboxylic acids is 1. The third-order valence-corrected chi connectivity index (χ3v) is 3.56. The Labute approximate surface area is 110 Å². The second-order valence-corrected chi connectivity index (χ2v) is 4.99.